The van der Waals surface area contributed by atoms with Crippen molar-refractivity contribution >= 4 is 17.6 Å². The first-order chi connectivity index (χ1) is 7.80. The summed E-state index contributed by atoms with van der Waals surface area (Å²) in [6.07, 6.45) is 1.93. The first-order valence-corrected chi connectivity index (χ1v) is 6.31. The SMILES string of the molecule is CCNc1cc(OCCOC)nc(SC)n1. The fraction of sp³-hybridized carbons (Fsp3) is 0.600. The Labute approximate surface area is 100.0 Å². The fourth-order valence-electron chi connectivity index (χ4n) is 1.07. The minimum absolute atomic E-state index is 0.493. The van der Waals surface area contributed by atoms with E-state index in [-0.39, 0.29) is 0 Å². The molecule has 0 bridgehead atoms. The topological polar surface area (TPSA) is 56.3 Å². The Morgan fingerprint density at radius 1 is 1.38 bits per heavy atom. The van der Waals surface area contributed by atoms with E-state index in [0.29, 0.717) is 24.3 Å². The maximum atomic E-state index is 5.45. The maximum Gasteiger partial charge on any atom is 0.219 e. The van der Waals surface area contributed by atoms with Crippen LogP contribution in [0.4, 0.5) is 5.82 Å². The molecular formula is C10H17N3O2S. The fourth-order valence-corrected chi connectivity index (χ4v) is 1.44. The molecule has 0 saturated carbocycles. The second-order valence-electron chi connectivity index (χ2n) is 2.95. The van der Waals surface area contributed by atoms with Gasteiger partial charge < -0.3 is 14.8 Å². The van der Waals surface area contributed by atoms with E-state index in [1.165, 1.54) is 11.8 Å². The lowest BCUT2D eigenvalue weighted by molar-refractivity contribution is 0.143. The van der Waals surface area contributed by atoms with Crippen molar-refractivity contribution in [2.45, 2.75) is 12.1 Å². The largest absolute Gasteiger partial charge is 0.475 e. The molecule has 0 aliphatic heterocycles. The van der Waals surface area contributed by atoms with Gasteiger partial charge in [-0.2, -0.15) is 4.98 Å². The van der Waals surface area contributed by atoms with Crippen LogP contribution in [-0.4, -0.2) is 43.1 Å². The van der Waals surface area contributed by atoms with E-state index in [4.69, 9.17) is 9.47 Å². The van der Waals surface area contributed by atoms with Gasteiger partial charge in [-0.3, -0.25) is 0 Å². The summed E-state index contributed by atoms with van der Waals surface area (Å²) in [6, 6.07) is 1.79. The summed E-state index contributed by atoms with van der Waals surface area (Å²) in [5, 5.41) is 3.84. The molecule has 0 aliphatic carbocycles. The zero-order chi connectivity index (χ0) is 11.8. The lowest BCUT2D eigenvalue weighted by Crippen LogP contribution is -2.07. The average molecular weight is 243 g/mol. The van der Waals surface area contributed by atoms with E-state index in [1.807, 2.05) is 13.2 Å². The van der Waals surface area contributed by atoms with Crippen molar-refractivity contribution in [3.63, 3.8) is 0 Å². The Hall–Kier alpha value is -1.01. The Morgan fingerprint density at radius 3 is 2.81 bits per heavy atom. The second kappa shape index (κ2) is 7.29. The summed E-state index contributed by atoms with van der Waals surface area (Å²) in [7, 11) is 1.64. The van der Waals surface area contributed by atoms with Gasteiger partial charge in [0, 0.05) is 19.7 Å². The van der Waals surface area contributed by atoms with Crippen LogP contribution in [0.3, 0.4) is 0 Å². The lowest BCUT2D eigenvalue weighted by Gasteiger charge is -2.08. The Morgan fingerprint density at radius 2 is 2.19 bits per heavy atom. The van der Waals surface area contributed by atoms with Crippen LogP contribution in [0, 0.1) is 0 Å². The van der Waals surface area contributed by atoms with Gasteiger partial charge in [-0.05, 0) is 13.2 Å². The van der Waals surface area contributed by atoms with Crippen molar-refractivity contribution in [3.8, 4) is 5.88 Å². The lowest BCUT2D eigenvalue weighted by atomic mass is 10.5. The molecule has 0 fully saturated rings. The molecule has 1 aromatic rings. The molecule has 0 spiro atoms. The summed E-state index contributed by atoms with van der Waals surface area (Å²) in [5.74, 6) is 1.36. The van der Waals surface area contributed by atoms with Crippen LogP contribution in [0.1, 0.15) is 6.92 Å². The predicted molar refractivity (Wildman–Crippen MR) is 65.3 cm³/mol. The summed E-state index contributed by atoms with van der Waals surface area (Å²) >= 11 is 1.49. The highest BCUT2D eigenvalue weighted by Crippen LogP contribution is 2.18. The quantitative estimate of drug-likeness (QED) is 0.446. The molecule has 0 unspecified atom stereocenters. The predicted octanol–water partition coefficient (Wildman–Crippen LogP) is 1.66. The van der Waals surface area contributed by atoms with E-state index < -0.39 is 0 Å². The van der Waals surface area contributed by atoms with Crippen LogP contribution in [-0.2, 0) is 4.74 Å². The minimum atomic E-state index is 0.493. The summed E-state index contributed by atoms with van der Waals surface area (Å²) in [4.78, 5) is 8.54. The van der Waals surface area contributed by atoms with Crippen LogP contribution in [0.25, 0.3) is 0 Å². The van der Waals surface area contributed by atoms with Crippen molar-refractivity contribution in [2.75, 3.05) is 38.4 Å². The highest BCUT2D eigenvalue weighted by molar-refractivity contribution is 7.98. The Balaban J connectivity index is 2.69. The Kier molecular flexibility index (Phi) is 5.95. The molecule has 0 radical (unpaired) electrons. The van der Waals surface area contributed by atoms with Crippen molar-refractivity contribution < 1.29 is 9.47 Å². The monoisotopic (exact) mass is 243 g/mol. The highest BCUT2D eigenvalue weighted by atomic mass is 32.2. The number of aromatic nitrogens is 2. The summed E-state index contributed by atoms with van der Waals surface area (Å²) < 4.78 is 10.4. The number of rotatable bonds is 7. The number of hydrogen-bond donors (Lipinski definition) is 1. The normalized spacial score (nSPS) is 10.2. The minimum Gasteiger partial charge on any atom is -0.475 e. The zero-order valence-corrected chi connectivity index (χ0v) is 10.6. The van der Waals surface area contributed by atoms with Crippen LogP contribution >= 0.6 is 11.8 Å². The first kappa shape index (κ1) is 13.1. The molecule has 0 saturated heterocycles. The maximum absolute atomic E-state index is 5.45. The molecule has 1 heterocycles. The molecule has 0 aromatic carbocycles. The van der Waals surface area contributed by atoms with Crippen molar-refractivity contribution in [3.05, 3.63) is 6.07 Å². The number of anilines is 1. The van der Waals surface area contributed by atoms with Crippen LogP contribution in [0.2, 0.25) is 0 Å². The van der Waals surface area contributed by atoms with E-state index in [9.17, 15) is 0 Å². The van der Waals surface area contributed by atoms with E-state index in [0.717, 1.165) is 12.4 Å². The summed E-state index contributed by atoms with van der Waals surface area (Å²) in [5.41, 5.74) is 0. The third kappa shape index (κ3) is 4.24. The number of hydrogen-bond acceptors (Lipinski definition) is 6. The van der Waals surface area contributed by atoms with Gasteiger partial charge in [0.1, 0.15) is 12.4 Å². The van der Waals surface area contributed by atoms with E-state index in [2.05, 4.69) is 15.3 Å². The molecule has 0 aliphatic rings. The second-order valence-corrected chi connectivity index (χ2v) is 3.72. The third-order valence-corrected chi connectivity index (χ3v) is 2.31. The summed E-state index contributed by atoms with van der Waals surface area (Å²) in [6.45, 7) is 3.89. The molecule has 1 rings (SSSR count). The Bertz CT molecular complexity index is 323. The van der Waals surface area contributed by atoms with Crippen LogP contribution < -0.4 is 10.1 Å². The molecule has 1 N–H and O–H groups in total. The highest BCUT2D eigenvalue weighted by Gasteiger charge is 2.04. The molecule has 16 heavy (non-hydrogen) atoms. The van der Waals surface area contributed by atoms with Crippen molar-refractivity contribution in [2.24, 2.45) is 0 Å². The number of ether oxygens (including phenoxy) is 2. The van der Waals surface area contributed by atoms with Gasteiger partial charge in [-0.15, -0.1) is 0 Å². The average Bonchev–Trinajstić information content (AvgIpc) is 2.29. The van der Waals surface area contributed by atoms with Crippen molar-refractivity contribution in [1.29, 1.82) is 0 Å². The van der Waals surface area contributed by atoms with Gasteiger partial charge in [0.2, 0.25) is 5.88 Å². The smallest absolute Gasteiger partial charge is 0.219 e. The van der Waals surface area contributed by atoms with E-state index >= 15 is 0 Å². The van der Waals surface area contributed by atoms with Gasteiger partial charge in [0.25, 0.3) is 0 Å². The van der Waals surface area contributed by atoms with Crippen LogP contribution in [0.5, 0.6) is 5.88 Å². The van der Waals surface area contributed by atoms with Gasteiger partial charge in [-0.1, -0.05) is 11.8 Å². The molecule has 0 amide bonds. The van der Waals surface area contributed by atoms with Crippen molar-refractivity contribution in [1.82, 2.24) is 9.97 Å². The van der Waals surface area contributed by atoms with Gasteiger partial charge in [0.15, 0.2) is 5.16 Å². The number of nitrogens with zero attached hydrogens (tertiary/aromatic N) is 2. The van der Waals surface area contributed by atoms with Gasteiger partial charge in [0.05, 0.1) is 6.61 Å². The van der Waals surface area contributed by atoms with Gasteiger partial charge in [-0.25, -0.2) is 4.98 Å². The van der Waals surface area contributed by atoms with Crippen LogP contribution in [0.15, 0.2) is 11.2 Å². The number of thioether (sulfide) groups is 1. The standard InChI is InChI=1S/C10H17N3O2S/c1-4-11-8-7-9(15-6-5-14-2)13-10(12-8)16-3/h7H,4-6H2,1-3H3,(H,11,12,13). The molecule has 90 valence electrons. The van der Waals surface area contributed by atoms with E-state index in [1.54, 1.807) is 13.2 Å². The molecule has 6 heteroatoms. The zero-order valence-electron chi connectivity index (χ0n) is 9.82. The molecular weight excluding hydrogens is 226 g/mol. The third-order valence-electron chi connectivity index (χ3n) is 1.76. The van der Waals surface area contributed by atoms with Gasteiger partial charge >= 0.3 is 0 Å². The first-order valence-electron chi connectivity index (χ1n) is 5.08. The number of methoxy groups -OCH3 is 1. The molecule has 0 atom stereocenters. The molecule has 5 nitrogen and oxygen atoms in total. The number of nitrogens with one attached hydrogen (secondary N) is 1. The molecule has 1 aromatic heterocycles.